The van der Waals surface area contributed by atoms with Gasteiger partial charge in [0.05, 0.1) is 0 Å². The molecule has 2 rings (SSSR count). The molecule has 1 aromatic carbocycles. The first-order chi connectivity index (χ1) is 8.73. The van der Waals surface area contributed by atoms with Crippen LogP contribution in [0.3, 0.4) is 0 Å². The summed E-state index contributed by atoms with van der Waals surface area (Å²) in [5, 5.41) is -1.16. The van der Waals surface area contributed by atoms with Crippen molar-refractivity contribution in [1.29, 1.82) is 0 Å². The number of alkyl halides is 3. The first-order valence-electron chi connectivity index (χ1n) is 4.84. The summed E-state index contributed by atoms with van der Waals surface area (Å²) in [7, 11) is -5.56. The molecule has 0 aliphatic heterocycles. The van der Waals surface area contributed by atoms with E-state index in [9.17, 15) is 26.0 Å². The zero-order valence-electron chi connectivity index (χ0n) is 9.10. The number of hydrogen-bond acceptors (Lipinski definition) is 3. The summed E-state index contributed by atoms with van der Waals surface area (Å²) in [6, 6.07) is 4.29. The average molecular weight is 294 g/mol. The fraction of sp³-hybridized carbons (Fsp3) is 0.100. The smallest absolute Gasteiger partial charge is 0.290 e. The molecular formula is C10H6F4N2O2S. The van der Waals surface area contributed by atoms with Gasteiger partial charge in [0, 0.05) is 18.1 Å². The maximum atomic E-state index is 12.7. The largest absolute Gasteiger partial charge is 0.504 e. The van der Waals surface area contributed by atoms with Gasteiger partial charge in [0.25, 0.3) is 0 Å². The lowest BCUT2D eigenvalue weighted by molar-refractivity contribution is -0.0441. The Bertz CT molecular complexity index is 689. The van der Waals surface area contributed by atoms with Crippen molar-refractivity contribution in [2.24, 2.45) is 0 Å². The van der Waals surface area contributed by atoms with Crippen LogP contribution in [0.25, 0.3) is 5.69 Å². The van der Waals surface area contributed by atoms with E-state index >= 15 is 0 Å². The van der Waals surface area contributed by atoms with E-state index in [1.54, 1.807) is 0 Å². The highest BCUT2D eigenvalue weighted by molar-refractivity contribution is 7.92. The van der Waals surface area contributed by atoms with Gasteiger partial charge in [-0.1, -0.05) is 0 Å². The Balaban J connectivity index is 2.59. The molecule has 0 saturated heterocycles. The molecule has 0 fully saturated rings. The van der Waals surface area contributed by atoms with Crippen molar-refractivity contribution in [2.45, 2.75) is 10.7 Å². The summed E-state index contributed by atoms with van der Waals surface area (Å²) in [5.74, 6) is -0.593. The highest BCUT2D eigenvalue weighted by Crippen LogP contribution is 2.30. The van der Waals surface area contributed by atoms with E-state index < -0.39 is 26.3 Å². The Labute approximate surface area is 105 Å². The molecule has 4 nitrogen and oxygen atoms in total. The van der Waals surface area contributed by atoms with E-state index in [0.29, 0.717) is 0 Å². The van der Waals surface area contributed by atoms with Crippen molar-refractivity contribution in [3.63, 3.8) is 0 Å². The van der Waals surface area contributed by atoms with E-state index in [2.05, 4.69) is 4.98 Å². The Morgan fingerprint density at radius 2 is 1.68 bits per heavy atom. The molecule has 1 heterocycles. The molecule has 0 aliphatic rings. The van der Waals surface area contributed by atoms with Crippen molar-refractivity contribution < 1.29 is 26.0 Å². The van der Waals surface area contributed by atoms with Crippen LogP contribution in [0.2, 0.25) is 0 Å². The van der Waals surface area contributed by atoms with Crippen LogP contribution in [0.4, 0.5) is 17.6 Å². The Hall–Kier alpha value is -1.90. The molecule has 0 N–H and O–H groups in total. The summed E-state index contributed by atoms with van der Waals surface area (Å²) in [6.07, 6.45) is 1.97. The molecule has 102 valence electrons. The topological polar surface area (TPSA) is 52.0 Å². The van der Waals surface area contributed by atoms with Crippen LogP contribution in [0.5, 0.6) is 0 Å². The minimum atomic E-state index is -5.56. The van der Waals surface area contributed by atoms with Crippen molar-refractivity contribution in [2.75, 3.05) is 0 Å². The SMILES string of the molecule is O=S(=O)(c1nccn1-c1ccc(F)cc1)C(F)(F)F. The summed E-state index contributed by atoms with van der Waals surface area (Å²) >= 11 is 0. The third-order valence-electron chi connectivity index (χ3n) is 2.26. The molecule has 0 aliphatic carbocycles. The van der Waals surface area contributed by atoms with Crippen molar-refractivity contribution >= 4 is 9.84 Å². The normalized spacial score (nSPS) is 12.6. The van der Waals surface area contributed by atoms with E-state index in [1.165, 1.54) is 0 Å². The molecule has 0 saturated carbocycles. The van der Waals surface area contributed by atoms with Gasteiger partial charge >= 0.3 is 15.3 Å². The molecule has 19 heavy (non-hydrogen) atoms. The third kappa shape index (κ3) is 2.33. The Morgan fingerprint density at radius 3 is 2.21 bits per heavy atom. The number of aromatic nitrogens is 2. The summed E-state index contributed by atoms with van der Waals surface area (Å²) in [6.45, 7) is 0. The van der Waals surface area contributed by atoms with Crippen LogP contribution in [0.15, 0.2) is 41.8 Å². The van der Waals surface area contributed by atoms with E-state index in [1.807, 2.05) is 0 Å². The van der Waals surface area contributed by atoms with Crippen molar-refractivity contribution in [1.82, 2.24) is 9.55 Å². The highest BCUT2D eigenvalue weighted by atomic mass is 32.2. The monoisotopic (exact) mass is 294 g/mol. The quantitative estimate of drug-likeness (QED) is 0.799. The Kier molecular flexibility index (Phi) is 3.09. The van der Waals surface area contributed by atoms with Gasteiger partial charge < -0.3 is 0 Å². The van der Waals surface area contributed by atoms with Crippen LogP contribution >= 0.6 is 0 Å². The maximum absolute atomic E-state index is 12.7. The zero-order valence-corrected chi connectivity index (χ0v) is 9.91. The van der Waals surface area contributed by atoms with Crippen molar-refractivity contribution in [3.8, 4) is 5.69 Å². The molecule has 0 amide bonds. The number of rotatable bonds is 2. The van der Waals surface area contributed by atoms with Gasteiger partial charge in [0.15, 0.2) is 0 Å². The van der Waals surface area contributed by atoms with E-state index in [-0.39, 0.29) is 5.69 Å². The van der Waals surface area contributed by atoms with Gasteiger partial charge in [-0.15, -0.1) is 0 Å². The molecule has 2 aromatic rings. The zero-order chi connectivity index (χ0) is 14.3. The summed E-state index contributed by atoms with van der Waals surface area (Å²) < 4.78 is 73.4. The molecule has 0 unspecified atom stereocenters. The van der Waals surface area contributed by atoms with Crippen LogP contribution in [-0.4, -0.2) is 23.5 Å². The number of benzene rings is 1. The lowest BCUT2D eigenvalue weighted by Gasteiger charge is -2.10. The fourth-order valence-electron chi connectivity index (χ4n) is 1.39. The standard InChI is InChI=1S/C10H6F4N2O2S/c11-7-1-3-8(4-2-7)16-6-5-15-9(16)19(17,18)10(12,13)14/h1-6H. The molecule has 0 spiro atoms. The van der Waals surface area contributed by atoms with Crippen LogP contribution in [0, 0.1) is 5.82 Å². The van der Waals surface area contributed by atoms with Gasteiger partial charge in [0.1, 0.15) is 5.82 Å². The molecule has 0 bridgehead atoms. The van der Waals surface area contributed by atoms with Gasteiger partial charge in [0.2, 0.25) is 5.16 Å². The molecule has 0 atom stereocenters. The minimum absolute atomic E-state index is 0.0572. The highest BCUT2D eigenvalue weighted by Gasteiger charge is 2.49. The lowest BCUT2D eigenvalue weighted by Crippen LogP contribution is -2.26. The Morgan fingerprint density at radius 1 is 1.11 bits per heavy atom. The second-order valence-corrected chi connectivity index (χ2v) is 5.34. The number of imidazole rings is 1. The average Bonchev–Trinajstić information content (AvgIpc) is 2.78. The van der Waals surface area contributed by atoms with Gasteiger partial charge in [-0.25, -0.2) is 17.8 Å². The predicted octanol–water partition coefficient (Wildman–Crippen LogP) is 2.30. The third-order valence-corrected chi connectivity index (χ3v) is 3.65. The number of sulfone groups is 1. The summed E-state index contributed by atoms with van der Waals surface area (Å²) in [5.41, 5.74) is -5.39. The molecule has 1 aromatic heterocycles. The predicted molar refractivity (Wildman–Crippen MR) is 56.8 cm³/mol. The molecule has 0 radical (unpaired) electrons. The van der Waals surface area contributed by atoms with E-state index in [0.717, 1.165) is 41.2 Å². The second-order valence-electron chi connectivity index (χ2n) is 3.51. The number of nitrogens with zero attached hydrogens (tertiary/aromatic N) is 2. The van der Waals surface area contributed by atoms with Crippen LogP contribution < -0.4 is 0 Å². The van der Waals surface area contributed by atoms with Crippen LogP contribution in [0.1, 0.15) is 0 Å². The second kappa shape index (κ2) is 4.34. The number of halogens is 4. The number of hydrogen-bond donors (Lipinski definition) is 0. The minimum Gasteiger partial charge on any atom is -0.290 e. The summed E-state index contributed by atoms with van der Waals surface area (Å²) in [4.78, 5) is 3.21. The molecular weight excluding hydrogens is 288 g/mol. The van der Waals surface area contributed by atoms with Crippen molar-refractivity contribution in [3.05, 3.63) is 42.5 Å². The first-order valence-corrected chi connectivity index (χ1v) is 6.32. The van der Waals surface area contributed by atoms with Gasteiger partial charge in [-0.3, -0.25) is 4.57 Å². The van der Waals surface area contributed by atoms with E-state index in [4.69, 9.17) is 0 Å². The van der Waals surface area contributed by atoms with Gasteiger partial charge in [-0.05, 0) is 24.3 Å². The fourth-order valence-corrected chi connectivity index (χ4v) is 2.22. The first kappa shape index (κ1) is 13.5. The molecule has 9 heteroatoms. The van der Waals surface area contributed by atoms with Crippen LogP contribution in [-0.2, 0) is 9.84 Å². The lowest BCUT2D eigenvalue weighted by atomic mass is 10.3. The maximum Gasteiger partial charge on any atom is 0.504 e. The van der Waals surface area contributed by atoms with Gasteiger partial charge in [-0.2, -0.15) is 13.2 Å².